The van der Waals surface area contributed by atoms with Crippen molar-refractivity contribution in [2.24, 2.45) is 23.2 Å². The predicted octanol–water partition coefficient (Wildman–Crippen LogP) is 4.16. The summed E-state index contributed by atoms with van der Waals surface area (Å²) in [7, 11) is 0. The summed E-state index contributed by atoms with van der Waals surface area (Å²) in [4.78, 5) is 11.9. The summed E-state index contributed by atoms with van der Waals surface area (Å²) in [6, 6.07) is 0. The largest absolute Gasteiger partial charge is 0.449 e. The second-order valence-electron chi connectivity index (χ2n) is 7.39. The average Bonchev–Trinajstić information content (AvgIpc) is 2.51. The summed E-state index contributed by atoms with van der Waals surface area (Å²) < 4.78 is 11.8. The normalized spacial score (nSPS) is 36.3. The number of amides is 1. The molecule has 0 unspecified atom stereocenters. The highest BCUT2D eigenvalue weighted by molar-refractivity contribution is 5.67. The highest BCUT2D eigenvalue weighted by Gasteiger charge is 2.53. The van der Waals surface area contributed by atoms with Gasteiger partial charge in [0.25, 0.3) is 0 Å². The van der Waals surface area contributed by atoms with E-state index in [1.165, 1.54) is 5.57 Å². The standard InChI is InChI=1S/C19H33NO3/c1-6-8-16-17-13(3)10-14(4)19(11-22-16,15(17)5)12-23-18(21)20-9-7-2/h10,14-17H,6-9,11-12H2,1-5H3,(H,20,21)/t14-,15+,16-,17+,19+/m0/s1. The second-order valence-corrected chi connectivity index (χ2v) is 7.39. The van der Waals surface area contributed by atoms with Crippen LogP contribution in [0.1, 0.15) is 53.9 Å². The molecule has 132 valence electrons. The molecule has 1 amide bonds. The van der Waals surface area contributed by atoms with Crippen molar-refractivity contribution in [3.63, 3.8) is 0 Å². The molecule has 1 aliphatic heterocycles. The fourth-order valence-corrected chi connectivity index (χ4v) is 4.41. The lowest BCUT2D eigenvalue weighted by Gasteiger charge is -2.55. The Morgan fingerprint density at radius 3 is 2.78 bits per heavy atom. The van der Waals surface area contributed by atoms with Gasteiger partial charge in [-0.15, -0.1) is 0 Å². The highest BCUT2D eigenvalue weighted by Crippen LogP contribution is 2.53. The van der Waals surface area contributed by atoms with E-state index < -0.39 is 0 Å². The first-order chi connectivity index (χ1) is 11.0. The van der Waals surface area contributed by atoms with Gasteiger partial charge in [-0.25, -0.2) is 4.79 Å². The SMILES string of the molecule is CCCNC(=O)OC[C@]12CO[C@@H](CCC)[C@H](C(C)=C[C@@H]1C)[C@H]2C. The fraction of sp³-hybridized carbons (Fsp3) is 0.842. The maximum Gasteiger partial charge on any atom is 0.407 e. The second kappa shape index (κ2) is 7.69. The molecule has 0 aromatic rings. The molecule has 0 aromatic heterocycles. The molecule has 5 atom stereocenters. The fourth-order valence-electron chi connectivity index (χ4n) is 4.41. The predicted molar refractivity (Wildman–Crippen MR) is 92.3 cm³/mol. The number of fused-ring (bicyclic) bond motifs is 2. The summed E-state index contributed by atoms with van der Waals surface area (Å²) >= 11 is 0. The first-order valence-corrected chi connectivity index (χ1v) is 9.16. The molecule has 1 heterocycles. The Morgan fingerprint density at radius 1 is 1.39 bits per heavy atom. The monoisotopic (exact) mass is 323 g/mol. The van der Waals surface area contributed by atoms with Crippen molar-refractivity contribution < 1.29 is 14.3 Å². The first-order valence-electron chi connectivity index (χ1n) is 9.16. The third kappa shape index (κ3) is 3.57. The summed E-state index contributed by atoms with van der Waals surface area (Å²) in [5.41, 5.74) is 1.34. The number of hydrogen-bond donors (Lipinski definition) is 1. The zero-order chi connectivity index (χ0) is 17.0. The Morgan fingerprint density at radius 2 is 2.13 bits per heavy atom. The Hall–Kier alpha value is -1.03. The third-order valence-electron chi connectivity index (χ3n) is 5.92. The van der Waals surface area contributed by atoms with Crippen LogP contribution in [0.3, 0.4) is 0 Å². The topological polar surface area (TPSA) is 47.6 Å². The van der Waals surface area contributed by atoms with Gasteiger partial charge in [-0.05, 0) is 31.6 Å². The van der Waals surface area contributed by atoms with E-state index >= 15 is 0 Å². The highest BCUT2D eigenvalue weighted by atomic mass is 16.6. The molecule has 23 heavy (non-hydrogen) atoms. The van der Waals surface area contributed by atoms with Crippen LogP contribution in [-0.2, 0) is 9.47 Å². The number of hydrogen-bond acceptors (Lipinski definition) is 3. The number of carbonyl (C=O) groups is 1. The van der Waals surface area contributed by atoms with Gasteiger partial charge in [0, 0.05) is 17.9 Å². The molecule has 0 aromatic carbocycles. The summed E-state index contributed by atoms with van der Waals surface area (Å²) in [6.07, 6.45) is 5.53. The van der Waals surface area contributed by atoms with Crippen LogP contribution >= 0.6 is 0 Å². The van der Waals surface area contributed by atoms with Crippen LogP contribution in [0.25, 0.3) is 0 Å². The van der Waals surface area contributed by atoms with E-state index in [0.29, 0.717) is 43.6 Å². The lowest BCUT2D eigenvalue weighted by molar-refractivity contribution is -0.164. The van der Waals surface area contributed by atoms with Crippen molar-refractivity contribution in [3.05, 3.63) is 11.6 Å². The molecular formula is C19H33NO3. The molecule has 1 fully saturated rings. The van der Waals surface area contributed by atoms with Gasteiger partial charge in [0.15, 0.2) is 0 Å². The zero-order valence-corrected chi connectivity index (χ0v) is 15.4. The molecule has 2 aliphatic rings. The number of rotatable bonds is 6. The van der Waals surface area contributed by atoms with E-state index in [4.69, 9.17) is 9.47 Å². The molecule has 2 bridgehead atoms. The van der Waals surface area contributed by atoms with Gasteiger partial charge in [-0.3, -0.25) is 0 Å². The van der Waals surface area contributed by atoms with Gasteiger partial charge < -0.3 is 14.8 Å². The Bertz CT molecular complexity index is 448. The quantitative estimate of drug-likeness (QED) is 0.747. The van der Waals surface area contributed by atoms with Gasteiger partial charge in [-0.2, -0.15) is 0 Å². The van der Waals surface area contributed by atoms with Crippen LogP contribution in [0.15, 0.2) is 11.6 Å². The number of alkyl carbamates (subject to hydrolysis) is 1. The number of carbonyl (C=O) groups excluding carboxylic acids is 1. The number of nitrogens with one attached hydrogen (secondary N) is 1. The van der Waals surface area contributed by atoms with Crippen molar-refractivity contribution in [3.8, 4) is 0 Å². The van der Waals surface area contributed by atoms with Crippen molar-refractivity contribution >= 4 is 6.09 Å². The minimum Gasteiger partial charge on any atom is -0.449 e. The van der Waals surface area contributed by atoms with E-state index in [1.54, 1.807) is 0 Å². The van der Waals surface area contributed by atoms with Crippen LogP contribution in [0.4, 0.5) is 4.79 Å². The minimum atomic E-state index is -0.306. The lowest BCUT2D eigenvalue weighted by Crippen LogP contribution is -2.57. The van der Waals surface area contributed by atoms with Crippen LogP contribution in [-0.4, -0.2) is 32.0 Å². The van der Waals surface area contributed by atoms with Gasteiger partial charge in [0.2, 0.25) is 0 Å². The van der Waals surface area contributed by atoms with Gasteiger partial charge in [-0.1, -0.05) is 45.8 Å². The molecule has 2 rings (SSSR count). The summed E-state index contributed by atoms with van der Waals surface area (Å²) in [5.74, 6) is 1.27. The molecule has 1 N–H and O–H groups in total. The molecule has 4 nitrogen and oxygen atoms in total. The van der Waals surface area contributed by atoms with Crippen molar-refractivity contribution in [2.45, 2.75) is 60.0 Å². The van der Waals surface area contributed by atoms with Crippen LogP contribution in [0.5, 0.6) is 0 Å². The molecule has 0 saturated carbocycles. The average molecular weight is 323 g/mol. The molecular weight excluding hydrogens is 290 g/mol. The maximum atomic E-state index is 11.9. The van der Waals surface area contributed by atoms with Crippen molar-refractivity contribution in [2.75, 3.05) is 19.8 Å². The smallest absolute Gasteiger partial charge is 0.407 e. The molecule has 0 spiro atoms. The Balaban J connectivity index is 2.12. The minimum absolute atomic E-state index is 0.0992. The zero-order valence-electron chi connectivity index (χ0n) is 15.4. The summed E-state index contributed by atoms with van der Waals surface area (Å²) in [6.45, 7) is 12.8. The van der Waals surface area contributed by atoms with Crippen molar-refractivity contribution in [1.29, 1.82) is 0 Å². The molecule has 1 saturated heterocycles. The van der Waals surface area contributed by atoms with Crippen LogP contribution < -0.4 is 5.32 Å². The van der Waals surface area contributed by atoms with Gasteiger partial charge in [0.05, 0.1) is 12.7 Å². The third-order valence-corrected chi connectivity index (χ3v) is 5.92. The van der Waals surface area contributed by atoms with E-state index in [2.05, 4.69) is 39.1 Å². The van der Waals surface area contributed by atoms with E-state index in [0.717, 1.165) is 19.3 Å². The van der Waals surface area contributed by atoms with Gasteiger partial charge in [0.1, 0.15) is 6.61 Å². The summed E-state index contributed by atoms with van der Waals surface area (Å²) in [5, 5.41) is 2.79. The first kappa shape index (κ1) is 18.3. The van der Waals surface area contributed by atoms with E-state index in [-0.39, 0.29) is 11.5 Å². The molecule has 1 aliphatic carbocycles. The number of allylic oxidation sites excluding steroid dienone is 1. The van der Waals surface area contributed by atoms with Crippen LogP contribution in [0, 0.1) is 23.2 Å². The van der Waals surface area contributed by atoms with Crippen molar-refractivity contribution in [1.82, 2.24) is 5.32 Å². The number of ether oxygens (including phenoxy) is 2. The maximum absolute atomic E-state index is 11.9. The van der Waals surface area contributed by atoms with Crippen LogP contribution in [0.2, 0.25) is 0 Å². The van der Waals surface area contributed by atoms with E-state index in [1.807, 2.05) is 6.92 Å². The molecule has 0 radical (unpaired) electrons. The molecule has 4 heteroatoms. The lowest BCUT2D eigenvalue weighted by atomic mass is 9.56. The van der Waals surface area contributed by atoms with Gasteiger partial charge >= 0.3 is 6.09 Å². The Kier molecular flexibility index (Phi) is 6.12. The Labute approximate surface area is 141 Å². The van der Waals surface area contributed by atoms with E-state index in [9.17, 15) is 4.79 Å².